The molecule has 2 aromatic rings. The number of aromatic amines is 1. The van der Waals surface area contributed by atoms with Gasteiger partial charge in [-0.25, -0.2) is 4.79 Å². The number of nitrogens with one attached hydrogen (secondary N) is 2. The van der Waals surface area contributed by atoms with Gasteiger partial charge < -0.3 is 15.2 Å². The van der Waals surface area contributed by atoms with Crippen molar-refractivity contribution in [3.05, 3.63) is 63.6 Å². The molecule has 0 radical (unpaired) electrons. The van der Waals surface area contributed by atoms with Gasteiger partial charge in [-0.3, -0.25) is 4.79 Å². The quantitative estimate of drug-likeness (QED) is 0.869. The minimum Gasteiger partial charge on any atom is -0.327 e. The van der Waals surface area contributed by atoms with E-state index >= 15 is 0 Å². The number of fused-ring (bicyclic) bond motifs is 1. The molecule has 1 heterocycles. The van der Waals surface area contributed by atoms with Gasteiger partial charge in [0.05, 0.1) is 11.6 Å². The number of urea groups is 1. The summed E-state index contributed by atoms with van der Waals surface area (Å²) >= 11 is 0. The number of hydrogen-bond acceptors (Lipinski definition) is 2. The SMILES string of the molecule is CN(C(=O)Nc1cc(C(F)(F)F)c[nH]c1=O)C1CCc2ccccc21. The Bertz CT molecular complexity index is 861. The molecule has 8 heteroatoms. The first-order valence-electron chi connectivity index (χ1n) is 7.69. The van der Waals surface area contributed by atoms with Crippen LogP contribution in [0.4, 0.5) is 23.7 Å². The van der Waals surface area contributed by atoms with E-state index in [1.54, 1.807) is 7.05 Å². The maximum absolute atomic E-state index is 12.8. The van der Waals surface area contributed by atoms with Crippen molar-refractivity contribution in [2.75, 3.05) is 12.4 Å². The largest absolute Gasteiger partial charge is 0.417 e. The predicted molar refractivity (Wildman–Crippen MR) is 86.4 cm³/mol. The van der Waals surface area contributed by atoms with Crippen LogP contribution >= 0.6 is 0 Å². The first-order chi connectivity index (χ1) is 11.8. The van der Waals surface area contributed by atoms with Gasteiger partial charge in [0.1, 0.15) is 5.69 Å². The lowest BCUT2D eigenvalue weighted by Gasteiger charge is -2.25. The predicted octanol–water partition coefficient (Wildman–Crippen LogP) is 3.54. The van der Waals surface area contributed by atoms with E-state index in [-0.39, 0.29) is 6.04 Å². The molecule has 3 rings (SSSR count). The smallest absolute Gasteiger partial charge is 0.327 e. The van der Waals surface area contributed by atoms with E-state index in [1.165, 1.54) is 4.90 Å². The normalized spacial score (nSPS) is 16.4. The van der Waals surface area contributed by atoms with Crippen molar-refractivity contribution in [3.63, 3.8) is 0 Å². The van der Waals surface area contributed by atoms with Crippen LogP contribution in [0.15, 0.2) is 41.3 Å². The van der Waals surface area contributed by atoms with Gasteiger partial charge in [-0.05, 0) is 30.0 Å². The van der Waals surface area contributed by atoms with Gasteiger partial charge in [-0.2, -0.15) is 13.2 Å². The second-order valence-electron chi connectivity index (χ2n) is 5.92. The number of carbonyl (C=O) groups is 1. The molecule has 1 aliphatic carbocycles. The topological polar surface area (TPSA) is 65.2 Å². The Morgan fingerprint density at radius 1 is 1.32 bits per heavy atom. The van der Waals surface area contributed by atoms with Gasteiger partial charge >= 0.3 is 12.2 Å². The zero-order chi connectivity index (χ0) is 18.2. The van der Waals surface area contributed by atoms with Gasteiger partial charge in [-0.1, -0.05) is 24.3 Å². The van der Waals surface area contributed by atoms with Crippen LogP contribution in [0.25, 0.3) is 0 Å². The third kappa shape index (κ3) is 3.38. The fourth-order valence-electron chi connectivity index (χ4n) is 3.02. The van der Waals surface area contributed by atoms with Crippen molar-refractivity contribution in [1.29, 1.82) is 0 Å². The molecule has 0 bridgehead atoms. The summed E-state index contributed by atoms with van der Waals surface area (Å²) in [5.41, 5.74) is -0.0991. The number of anilines is 1. The van der Waals surface area contributed by atoms with Crippen molar-refractivity contribution in [3.8, 4) is 0 Å². The minimum absolute atomic E-state index is 0.180. The van der Waals surface area contributed by atoms with E-state index in [9.17, 15) is 22.8 Å². The maximum Gasteiger partial charge on any atom is 0.417 e. The summed E-state index contributed by atoms with van der Waals surface area (Å²) in [6, 6.07) is 7.52. The van der Waals surface area contributed by atoms with E-state index in [2.05, 4.69) is 5.32 Å². The molecule has 1 atom stereocenters. The first kappa shape index (κ1) is 17.1. The molecular weight excluding hydrogens is 335 g/mol. The van der Waals surface area contributed by atoms with Crippen LogP contribution in [0.3, 0.4) is 0 Å². The van der Waals surface area contributed by atoms with Gasteiger partial charge in [0.2, 0.25) is 0 Å². The number of nitrogens with zero attached hydrogens (tertiary/aromatic N) is 1. The Hall–Kier alpha value is -2.77. The summed E-state index contributed by atoms with van der Waals surface area (Å²) in [6.45, 7) is 0. The summed E-state index contributed by atoms with van der Waals surface area (Å²) in [6.07, 6.45) is -2.49. The highest BCUT2D eigenvalue weighted by atomic mass is 19.4. The van der Waals surface area contributed by atoms with Crippen LogP contribution in [-0.4, -0.2) is 23.0 Å². The zero-order valence-corrected chi connectivity index (χ0v) is 13.4. The summed E-state index contributed by atoms with van der Waals surface area (Å²) in [5, 5.41) is 2.27. The number of halogens is 3. The van der Waals surface area contributed by atoms with Crippen LogP contribution in [-0.2, 0) is 12.6 Å². The number of pyridine rings is 1. The van der Waals surface area contributed by atoms with Crippen molar-refractivity contribution >= 4 is 11.7 Å². The lowest BCUT2D eigenvalue weighted by Crippen LogP contribution is -2.35. The average molecular weight is 351 g/mol. The van der Waals surface area contributed by atoms with E-state index in [0.717, 1.165) is 24.0 Å². The van der Waals surface area contributed by atoms with Crippen LogP contribution in [0.1, 0.15) is 29.2 Å². The number of rotatable bonds is 2. The molecule has 132 valence electrons. The Labute approximate surface area is 141 Å². The molecule has 2 amide bonds. The molecule has 0 spiro atoms. The molecule has 1 unspecified atom stereocenters. The van der Waals surface area contributed by atoms with Gasteiger partial charge in [-0.15, -0.1) is 0 Å². The highest BCUT2D eigenvalue weighted by Crippen LogP contribution is 2.35. The zero-order valence-electron chi connectivity index (χ0n) is 13.4. The fraction of sp³-hybridized carbons (Fsp3) is 0.294. The number of H-pyrrole nitrogens is 1. The van der Waals surface area contributed by atoms with Crippen molar-refractivity contribution in [1.82, 2.24) is 9.88 Å². The number of benzene rings is 1. The number of aromatic nitrogens is 1. The van der Waals surface area contributed by atoms with Gasteiger partial charge in [0.25, 0.3) is 5.56 Å². The molecule has 1 aliphatic rings. The fourth-order valence-corrected chi connectivity index (χ4v) is 3.02. The second kappa shape index (κ2) is 6.27. The Kier molecular flexibility index (Phi) is 4.28. The summed E-state index contributed by atoms with van der Waals surface area (Å²) in [7, 11) is 1.56. The Morgan fingerprint density at radius 2 is 2.04 bits per heavy atom. The molecule has 0 fully saturated rings. The molecule has 1 aromatic carbocycles. The van der Waals surface area contributed by atoms with Crippen LogP contribution in [0.5, 0.6) is 0 Å². The average Bonchev–Trinajstić information content (AvgIpc) is 2.99. The van der Waals surface area contributed by atoms with Crippen LogP contribution in [0, 0.1) is 0 Å². The van der Waals surface area contributed by atoms with E-state index < -0.39 is 29.0 Å². The lowest BCUT2D eigenvalue weighted by atomic mass is 10.1. The van der Waals surface area contributed by atoms with Gasteiger partial charge in [0, 0.05) is 13.2 Å². The van der Waals surface area contributed by atoms with E-state index in [0.29, 0.717) is 12.3 Å². The monoisotopic (exact) mass is 351 g/mol. The molecule has 5 nitrogen and oxygen atoms in total. The summed E-state index contributed by atoms with van der Waals surface area (Å²) in [5.74, 6) is 0. The third-order valence-corrected chi connectivity index (χ3v) is 4.36. The molecule has 0 saturated heterocycles. The summed E-state index contributed by atoms with van der Waals surface area (Å²) < 4.78 is 38.3. The molecule has 0 saturated carbocycles. The Morgan fingerprint density at radius 3 is 2.76 bits per heavy atom. The number of hydrogen-bond donors (Lipinski definition) is 2. The molecule has 1 aromatic heterocycles. The highest BCUT2D eigenvalue weighted by Gasteiger charge is 2.32. The molecule has 25 heavy (non-hydrogen) atoms. The molecule has 0 aliphatic heterocycles. The standard InChI is InChI=1S/C17H16F3N3O2/c1-23(14-7-6-10-4-2-3-5-12(10)14)16(25)22-13-8-11(17(18,19)20)9-21-15(13)24/h2-5,8-9,14H,6-7H2,1H3,(H,21,24)(H,22,25). The van der Waals surface area contributed by atoms with Gasteiger partial charge in [0.15, 0.2) is 0 Å². The number of carbonyl (C=O) groups excluding carboxylic acids is 1. The van der Waals surface area contributed by atoms with Crippen LogP contribution in [0.2, 0.25) is 0 Å². The number of aryl methyl sites for hydroxylation is 1. The third-order valence-electron chi connectivity index (χ3n) is 4.36. The van der Waals surface area contributed by atoms with Crippen molar-refractivity contribution in [2.45, 2.75) is 25.1 Å². The lowest BCUT2D eigenvalue weighted by molar-refractivity contribution is -0.137. The van der Waals surface area contributed by atoms with E-state index in [4.69, 9.17) is 0 Å². The Balaban J connectivity index is 1.80. The first-order valence-corrected chi connectivity index (χ1v) is 7.69. The van der Waals surface area contributed by atoms with E-state index in [1.807, 2.05) is 29.2 Å². The maximum atomic E-state index is 12.8. The minimum atomic E-state index is -4.61. The summed E-state index contributed by atoms with van der Waals surface area (Å²) in [4.78, 5) is 27.5. The molecule has 2 N–H and O–H groups in total. The van der Waals surface area contributed by atoms with Crippen molar-refractivity contribution < 1.29 is 18.0 Å². The number of amides is 2. The molecular formula is C17H16F3N3O2. The van der Waals surface area contributed by atoms with Crippen molar-refractivity contribution in [2.24, 2.45) is 0 Å². The number of alkyl halides is 3. The van der Waals surface area contributed by atoms with Crippen LogP contribution < -0.4 is 10.9 Å². The second-order valence-corrected chi connectivity index (χ2v) is 5.92. The highest BCUT2D eigenvalue weighted by molar-refractivity contribution is 5.89.